The Hall–Kier alpha value is -1.38. The normalized spacial score (nSPS) is 19.9. The summed E-state index contributed by atoms with van der Waals surface area (Å²) in [6.07, 6.45) is 2.49. The maximum Gasteiger partial charge on any atom is 0.0644 e. The molecule has 17 heavy (non-hydrogen) atoms. The monoisotopic (exact) mass is 250 g/mol. The number of hydrogen-bond donors (Lipinski definition) is 0. The van der Waals surface area contributed by atoms with E-state index in [2.05, 4.69) is 21.8 Å². The van der Waals surface area contributed by atoms with E-state index in [9.17, 15) is 0 Å². The molecule has 0 amide bonds. The summed E-state index contributed by atoms with van der Waals surface area (Å²) >= 11 is 6.22. The summed E-state index contributed by atoms with van der Waals surface area (Å²) in [5.41, 5.74) is 9.97. The second-order valence-corrected chi connectivity index (χ2v) is 4.93. The summed E-state index contributed by atoms with van der Waals surface area (Å²) in [7, 11) is 0. The van der Waals surface area contributed by atoms with Crippen LogP contribution in [-0.2, 0) is 0 Å². The van der Waals surface area contributed by atoms with Gasteiger partial charge in [-0.25, -0.2) is 0 Å². The first-order valence-electron chi connectivity index (χ1n) is 5.80. The molecule has 0 bridgehead atoms. The minimum absolute atomic E-state index is 0.561. The van der Waals surface area contributed by atoms with Crippen LogP contribution >= 0.6 is 11.6 Å². The highest BCUT2D eigenvalue weighted by atomic mass is 35.5. The minimum atomic E-state index is 0.561. The number of nitrogens with zero attached hydrogens (tertiary/aromatic N) is 4. The zero-order chi connectivity index (χ0) is 12.3. The van der Waals surface area contributed by atoms with E-state index in [1.807, 2.05) is 6.07 Å². The van der Waals surface area contributed by atoms with Gasteiger partial charge in [-0.2, -0.15) is 0 Å². The lowest BCUT2D eigenvalue weighted by molar-refractivity contribution is 0.447. The molecule has 1 aromatic rings. The first kappa shape index (κ1) is 12.1. The second kappa shape index (κ2) is 5.30. The third-order valence-electron chi connectivity index (χ3n) is 3.09. The van der Waals surface area contributed by atoms with Gasteiger partial charge in [-0.1, -0.05) is 29.7 Å². The van der Waals surface area contributed by atoms with Crippen LogP contribution in [0.4, 0.5) is 11.4 Å². The summed E-state index contributed by atoms with van der Waals surface area (Å²) in [5, 5.41) is 4.20. The van der Waals surface area contributed by atoms with Gasteiger partial charge in [0, 0.05) is 23.7 Å². The highest BCUT2D eigenvalue weighted by Crippen LogP contribution is 2.32. The Morgan fingerprint density at radius 3 is 3.00 bits per heavy atom. The molecule has 1 saturated heterocycles. The topological polar surface area (TPSA) is 52.0 Å². The van der Waals surface area contributed by atoms with Gasteiger partial charge in [0.25, 0.3) is 0 Å². The number of azide groups is 1. The van der Waals surface area contributed by atoms with Crippen LogP contribution in [0.15, 0.2) is 23.3 Å². The predicted molar refractivity (Wildman–Crippen MR) is 70.9 cm³/mol. The molecule has 0 spiro atoms. The number of piperidine rings is 1. The van der Waals surface area contributed by atoms with E-state index in [0.717, 1.165) is 18.8 Å². The van der Waals surface area contributed by atoms with Crippen molar-refractivity contribution >= 4 is 23.0 Å². The molecule has 1 aliphatic heterocycles. The van der Waals surface area contributed by atoms with Crippen molar-refractivity contribution < 1.29 is 0 Å². The van der Waals surface area contributed by atoms with E-state index in [4.69, 9.17) is 17.1 Å². The Morgan fingerprint density at radius 2 is 2.35 bits per heavy atom. The molecule has 0 aliphatic carbocycles. The van der Waals surface area contributed by atoms with Crippen LogP contribution < -0.4 is 4.90 Å². The van der Waals surface area contributed by atoms with Crippen molar-refractivity contribution in [2.75, 3.05) is 18.0 Å². The third-order valence-corrected chi connectivity index (χ3v) is 3.39. The molecule has 1 unspecified atom stereocenters. The largest absolute Gasteiger partial charge is 0.370 e. The summed E-state index contributed by atoms with van der Waals surface area (Å²) in [6, 6.07) is 5.46. The fraction of sp³-hybridized carbons (Fsp3) is 0.500. The molecular formula is C12H15ClN4. The minimum Gasteiger partial charge on any atom is -0.370 e. The van der Waals surface area contributed by atoms with Gasteiger partial charge in [-0.05, 0) is 36.4 Å². The van der Waals surface area contributed by atoms with Crippen LogP contribution in [0.1, 0.15) is 19.8 Å². The SMILES string of the molecule is CC1CCCN(c2ccc(N=[N+]=[N-])cc2Cl)C1. The summed E-state index contributed by atoms with van der Waals surface area (Å²) < 4.78 is 0. The Bertz CT molecular complexity index is 454. The van der Waals surface area contributed by atoms with Gasteiger partial charge in [0.05, 0.1) is 10.7 Å². The van der Waals surface area contributed by atoms with Crippen LogP contribution in [0.3, 0.4) is 0 Å². The molecule has 0 saturated carbocycles. The van der Waals surface area contributed by atoms with Crippen LogP contribution in [-0.4, -0.2) is 13.1 Å². The average molecular weight is 251 g/mol. The van der Waals surface area contributed by atoms with Gasteiger partial charge in [-0.3, -0.25) is 0 Å². The number of hydrogen-bond acceptors (Lipinski definition) is 2. The fourth-order valence-electron chi connectivity index (χ4n) is 2.27. The van der Waals surface area contributed by atoms with Gasteiger partial charge >= 0.3 is 0 Å². The van der Waals surface area contributed by atoms with Crippen molar-refractivity contribution in [1.29, 1.82) is 0 Å². The molecule has 1 fully saturated rings. The van der Waals surface area contributed by atoms with Crippen LogP contribution in [0.2, 0.25) is 5.02 Å². The predicted octanol–water partition coefficient (Wildman–Crippen LogP) is 4.52. The molecule has 1 atom stereocenters. The van der Waals surface area contributed by atoms with E-state index in [1.165, 1.54) is 12.8 Å². The summed E-state index contributed by atoms with van der Waals surface area (Å²) in [6.45, 7) is 4.35. The summed E-state index contributed by atoms with van der Waals surface area (Å²) in [5.74, 6) is 0.705. The number of benzene rings is 1. The third kappa shape index (κ3) is 2.84. The van der Waals surface area contributed by atoms with Crippen molar-refractivity contribution in [3.63, 3.8) is 0 Å². The van der Waals surface area contributed by atoms with Crippen molar-refractivity contribution in [3.8, 4) is 0 Å². The van der Waals surface area contributed by atoms with Gasteiger partial charge < -0.3 is 4.90 Å². The molecular weight excluding hydrogens is 236 g/mol. The quantitative estimate of drug-likeness (QED) is 0.433. The molecule has 2 rings (SSSR count). The van der Waals surface area contributed by atoms with Crippen molar-refractivity contribution in [2.45, 2.75) is 19.8 Å². The van der Waals surface area contributed by atoms with E-state index >= 15 is 0 Å². The first-order chi connectivity index (χ1) is 8.20. The fourth-order valence-corrected chi connectivity index (χ4v) is 2.57. The molecule has 5 heteroatoms. The smallest absolute Gasteiger partial charge is 0.0644 e. The Labute approximate surface area is 106 Å². The van der Waals surface area contributed by atoms with Crippen LogP contribution in [0.25, 0.3) is 10.4 Å². The molecule has 90 valence electrons. The molecule has 0 N–H and O–H groups in total. The Kier molecular flexibility index (Phi) is 3.77. The number of rotatable bonds is 2. The second-order valence-electron chi connectivity index (χ2n) is 4.52. The van der Waals surface area contributed by atoms with E-state index in [1.54, 1.807) is 12.1 Å². The van der Waals surface area contributed by atoms with Crippen molar-refractivity contribution in [2.24, 2.45) is 11.0 Å². The van der Waals surface area contributed by atoms with Crippen LogP contribution in [0.5, 0.6) is 0 Å². The molecule has 1 aliphatic rings. The Balaban J connectivity index is 2.23. The maximum atomic E-state index is 8.37. The number of halogens is 1. The zero-order valence-electron chi connectivity index (χ0n) is 9.80. The van der Waals surface area contributed by atoms with E-state index in [0.29, 0.717) is 16.6 Å². The molecule has 0 aromatic heterocycles. The van der Waals surface area contributed by atoms with Gasteiger partial charge in [0.2, 0.25) is 0 Å². The highest BCUT2D eigenvalue weighted by molar-refractivity contribution is 6.33. The molecule has 0 radical (unpaired) electrons. The lowest BCUT2D eigenvalue weighted by atomic mass is 10.00. The average Bonchev–Trinajstić information content (AvgIpc) is 2.29. The molecule has 1 heterocycles. The van der Waals surface area contributed by atoms with Gasteiger partial charge in [0.1, 0.15) is 0 Å². The van der Waals surface area contributed by atoms with Crippen LogP contribution in [0, 0.1) is 5.92 Å². The lowest BCUT2D eigenvalue weighted by Crippen LogP contribution is -2.34. The van der Waals surface area contributed by atoms with Gasteiger partial charge in [0.15, 0.2) is 0 Å². The lowest BCUT2D eigenvalue weighted by Gasteiger charge is -2.33. The van der Waals surface area contributed by atoms with Crippen molar-refractivity contribution in [1.82, 2.24) is 0 Å². The first-order valence-corrected chi connectivity index (χ1v) is 6.18. The Morgan fingerprint density at radius 1 is 1.53 bits per heavy atom. The highest BCUT2D eigenvalue weighted by Gasteiger charge is 2.18. The van der Waals surface area contributed by atoms with E-state index in [-0.39, 0.29) is 0 Å². The standard InChI is InChI=1S/C12H15ClN4/c1-9-3-2-6-17(8-9)12-5-4-10(15-16-14)7-11(12)13/h4-5,7,9H,2-3,6,8H2,1H3. The molecule has 4 nitrogen and oxygen atoms in total. The number of anilines is 1. The molecule has 1 aromatic carbocycles. The van der Waals surface area contributed by atoms with E-state index < -0.39 is 0 Å². The maximum absolute atomic E-state index is 8.37. The van der Waals surface area contributed by atoms with Gasteiger partial charge in [-0.15, -0.1) is 0 Å². The van der Waals surface area contributed by atoms with Crippen molar-refractivity contribution in [3.05, 3.63) is 33.7 Å². The zero-order valence-corrected chi connectivity index (χ0v) is 10.6. The summed E-state index contributed by atoms with van der Waals surface area (Å²) in [4.78, 5) is 5.06.